The fourth-order valence-electron chi connectivity index (χ4n) is 4.37. The molecule has 0 aliphatic heterocycles. The monoisotopic (exact) mass is 728 g/mol. The lowest BCUT2D eigenvalue weighted by Gasteiger charge is -2.33. The van der Waals surface area contributed by atoms with Gasteiger partial charge in [0.25, 0.3) is 5.91 Å². The molecule has 1 aromatic carbocycles. The average molecular weight is 728 g/mol. The van der Waals surface area contributed by atoms with Crippen molar-refractivity contribution in [3.05, 3.63) is 77.7 Å². The standard InChI is InChI=1S/C28H30I2N2O3S/c1-5-10-35-25-21(29)12-17(13-22(25)30)15-32-27-24(26(33)31-16-19-7-6-11-34-19)20-9-8-18(28(2,3)4)14-23(20)36-27/h5-7,11-13,15,18H,1,8-10,14,16H2,2-4H3,(H,31,33)/t18-/m0/s1. The number of nitrogens with one attached hydrogen (secondary N) is 1. The van der Waals surface area contributed by atoms with E-state index in [-0.39, 0.29) is 11.3 Å². The maximum absolute atomic E-state index is 13.4. The topological polar surface area (TPSA) is 63.8 Å². The molecule has 36 heavy (non-hydrogen) atoms. The second kappa shape index (κ2) is 11.8. The van der Waals surface area contributed by atoms with E-state index in [0.29, 0.717) is 24.6 Å². The summed E-state index contributed by atoms with van der Waals surface area (Å²) in [5.41, 5.74) is 3.06. The lowest BCUT2D eigenvalue weighted by molar-refractivity contribution is 0.0947. The Morgan fingerprint density at radius 1 is 1.33 bits per heavy atom. The number of carbonyl (C=O) groups is 1. The molecule has 2 heterocycles. The summed E-state index contributed by atoms with van der Waals surface area (Å²) in [4.78, 5) is 19.5. The van der Waals surface area contributed by atoms with E-state index in [1.54, 1.807) is 23.7 Å². The minimum Gasteiger partial charge on any atom is -0.487 e. The summed E-state index contributed by atoms with van der Waals surface area (Å²) in [6.45, 7) is 11.5. The molecule has 3 aromatic rings. The van der Waals surface area contributed by atoms with Crippen LogP contribution in [0.25, 0.3) is 0 Å². The molecular weight excluding hydrogens is 698 g/mol. The van der Waals surface area contributed by atoms with Crippen molar-refractivity contribution in [2.24, 2.45) is 16.3 Å². The van der Waals surface area contributed by atoms with Gasteiger partial charge in [-0.15, -0.1) is 11.3 Å². The lowest BCUT2D eigenvalue weighted by Crippen LogP contribution is -2.28. The maximum atomic E-state index is 13.4. The van der Waals surface area contributed by atoms with Crippen molar-refractivity contribution in [3.63, 3.8) is 0 Å². The van der Waals surface area contributed by atoms with Gasteiger partial charge in [0, 0.05) is 11.1 Å². The summed E-state index contributed by atoms with van der Waals surface area (Å²) in [5, 5.41) is 3.80. The summed E-state index contributed by atoms with van der Waals surface area (Å²) in [6, 6.07) is 7.78. The fraction of sp³-hybridized carbons (Fsp3) is 0.357. The average Bonchev–Trinajstić information content (AvgIpc) is 3.47. The van der Waals surface area contributed by atoms with Gasteiger partial charge in [-0.3, -0.25) is 4.79 Å². The molecular formula is C28H30I2N2O3S. The molecule has 2 aromatic heterocycles. The van der Waals surface area contributed by atoms with Gasteiger partial charge in [-0.05, 0) is 111 Å². The van der Waals surface area contributed by atoms with E-state index in [0.717, 1.165) is 54.0 Å². The van der Waals surface area contributed by atoms with Gasteiger partial charge in [-0.2, -0.15) is 0 Å². The highest BCUT2D eigenvalue weighted by Gasteiger charge is 2.33. The number of furan rings is 1. The van der Waals surface area contributed by atoms with Crippen LogP contribution in [0.15, 0.2) is 52.6 Å². The molecule has 1 atom stereocenters. The van der Waals surface area contributed by atoms with Crippen molar-refractivity contribution in [1.29, 1.82) is 0 Å². The van der Waals surface area contributed by atoms with Gasteiger partial charge in [0.15, 0.2) is 0 Å². The van der Waals surface area contributed by atoms with Crippen LogP contribution in [-0.4, -0.2) is 18.7 Å². The van der Waals surface area contributed by atoms with E-state index in [2.05, 4.69) is 77.8 Å². The van der Waals surface area contributed by atoms with Gasteiger partial charge in [0.05, 0.1) is 25.5 Å². The molecule has 190 valence electrons. The van der Waals surface area contributed by atoms with E-state index in [1.165, 1.54) is 4.88 Å². The van der Waals surface area contributed by atoms with E-state index < -0.39 is 0 Å². The van der Waals surface area contributed by atoms with Gasteiger partial charge in [0.2, 0.25) is 0 Å². The van der Waals surface area contributed by atoms with E-state index in [9.17, 15) is 4.79 Å². The van der Waals surface area contributed by atoms with E-state index >= 15 is 0 Å². The van der Waals surface area contributed by atoms with Crippen LogP contribution in [0.5, 0.6) is 5.75 Å². The molecule has 0 bridgehead atoms. The Hall–Kier alpha value is -1.66. The molecule has 0 saturated carbocycles. The molecule has 0 unspecified atom stereocenters. The lowest BCUT2D eigenvalue weighted by atomic mass is 9.72. The first kappa shape index (κ1) is 27.4. The highest BCUT2D eigenvalue weighted by atomic mass is 127. The first-order valence-electron chi connectivity index (χ1n) is 11.9. The number of carbonyl (C=O) groups excluding carboxylic acids is 1. The van der Waals surface area contributed by atoms with Crippen LogP contribution in [-0.2, 0) is 19.4 Å². The van der Waals surface area contributed by atoms with Gasteiger partial charge in [-0.1, -0.05) is 33.4 Å². The first-order valence-corrected chi connectivity index (χ1v) is 14.9. The molecule has 0 radical (unpaired) electrons. The second-order valence-electron chi connectivity index (χ2n) is 9.92. The highest BCUT2D eigenvalue weighted by Crippen LogP contribution is 2.45. The van der Waals surface area contributed by atoms with Crippen LogP contribution in [0.4, 0.5) is 5.00 Å². The Morgan fingerprint density at radius 3 is 2.72 bits per heavy atom. The zero-order chi connectivity index (χ0) is 25.9. The first-order chi connectivity index (χ1) is 17.2. The van der Waals surface area contributed by atoms with Crippen molar-refractivity contribution < 1.29 is 13.9 Å². The second-order valence-corrected chi connectivity index (χ2v) is 13.3. The summed E-state index contributed by atoms with van der Waals surface area (Å²) in [6.07, 6.45) is 8.18. The van der Waals surface area contributed by atoms with Gasteiger partial charge in [0.1, 0.15) is 23.1 Å². The number of fused-ring (bicyclic) bond motifs is 1. The third-order valence-corrected chi connectivity index (χ3v) is 9.16. The predicted molar refractivity (Wildman–Crippen MR) is 164 cm³/mol. The van der Waals surface area contributed by atoms with Crippen LogP contribution < -0.4 is 10.1 Å². The third-order valence-electron chi connectivity index (χ3n) is 6.40. The summed E-state index contributed by atoms with van der Waals surface area (Å²) < 4.78 is 13.2. The molecule has 8 heteroatoms. The quantitative estimate of drug-likeness (QED) is 0.146. The zero-order valence-corrected chi connectivity index (χ0v) is 25.8. The molecule has 1 amide bonds. The molecule has 1 N–H and O–H groups in total. The van der Waals surface area contributed by atoms with Gasteiger partial charge in [-0.25, -0.2) is 4.99 Å². The molecule has 0 spiro atoms. The van der Waals surface area contributed by atoms with E-state index in [4.69, 9.17) is 14.1 Å². The summed E-state index contributed by atoms with van der Waals surface area (Å²) in [7, 11) is 0. The molecule has 0 fully saturated rings. The predicted octanol–water partition coefficient (Wildman–Crippen LogP) is 7.95. The van der Waals surface area contributed by atoms with Crippen LogP contribution >= 0.6 is 56.5 Å². The fourth-order valence-corrected chi connectivity index (χ4v) is 7.77. The Kier molecular flexibility index (Phi) is 8.98. The number of amides is 1. The molecule has 1 aliphatic rings. The van der Waals surface area contributed by atoms with Crippen molar-refractivity contribution in [1.82, 2.24) is 5.32 Å². The summed E-state index contributed by atoms with van der Waals surface area (Å²) in [5.74, 6) is 2.08. The Labute approximate surface area is 244 Å². The highest BCUT2D eigenvalue weighted by molar-refractivity contribution is 14.1. The van der Waals surface area contributed by atoms with Crippen LogP contribution in [0.2, 0.25) is 0 Å². The van der Waals surface area contributed by atoms with Crippen LogP contribution in [0.3, 0.4) is 0 Å². The minimum absolute atomic E-state index is 0.0948. The zero-order valence-electron chi connectivity index (χ0n) is 20.7. The number of nitrogens with zero attached hydrogens (tertiary/aromatic N) is 1. The third kappa shape index (κ3) is 6.42. The number of aliphatic imine (C=N–C) groups is 1. The number of benzene rings is 1. The SMILES string of the molecule is C=CCOc1c(I)cc(C=Nc2sc3c(c2C(=O)NCc2ccco2)CC[C@H](C(C)(C)C)C3)cc1I. The molecule has 1 aliphatic carbocycles. The maximum Gasteiger partial charge on any atom is 0.255 e. The Morgan fingerprint density at radius 2 is 2.08 bits per heavy atom. The van der Waals surface area contributed by atoms with Crippen LogP contribution in [0.1, 0.15) is 59.3 Å². The largest absolute Gasteiger partial charge is 0.487 e. The van der Waals surface area contributed by atoms with Crippen molar-refractivity contribution in [2.75, 3.05) is 6.61 Å². The Balaban J connectivity index is 1.65. The molecule has 5 nitrogen and oxygen atoms in total. The Bertz CT molecular complexity index is 1250. The number of hydrogen-bond donors (Lipinski definition) is 1. The van der Waals surface area contributed by atoms with E-state index in [1.807, 2.05) is 30.5 Å². The minimum atomic E-state index is -0.0948. The number of halogens is 2. The van der Waals surface area contributed by atoms with Gasteiger partial charge >= 0.3 is 0 Å². The normalized spacial score (nSPS) is 15.6. The van der Waals surface area contributed by atoms with Crippen molar-refractivity contribution in [2.45, 2.75) is 46.6 Å². The number of rotatable bonds is 8. The van der Waals surface area contributed by atoms with Crippen molar-refractivity contribution in [3.8, 4) is 5.75 Å². The number of ether oxygens (including phenoxy) is 1. The van der Waals surface area contributed by atoms with Gasteiger partial charge < -0.3 is 14.5 Å². The van der Waals surface area contributed by atoms with Crippen LogP contribution in [0, 0.1) is 18.5 Å². The number of thiophene rings is 1. The summed E-state index contributed by atoms with van der Waals surface area (Å²) >= 11 is 6.22. The number of hydrogen-bond acceptors (Lipinski definition) is 5. The molecule has 4 rings (SSSR count). The molecule has 0 saturated heterocycles. The smallest absolute Gasteiger partial charge is 0.255 e. The van der Waals surface area contributed by atoms with Crippen molar-refractivity contribution >= 4 is 73.6 Å².